The summed E-state index contributed by atoms with van der Waals surface area (Å²) in [6.07, 6.45) is 3.91. The first-order chi connectivity index (χ1) is 13.2. The van der Waals surface area contributed by atoms with Crippen molar-refractivity contribution >= 4 is 12.3 Å². The lowest BCUT2D eigenvalue weighted by Crippen LogP contribution is -2.42. The van der Waals surface area contributed by atoms with E-state index in [4.69, 9.17) is 0 Å². The van der Waals surface area contributed by atoms with Crippen LogP contribution in [0.25, 0.3) is 0 Å². The summed E-state index contributed by atoms with van der Waals surface area (Å²) in [6, 6.07) is 20.3. The normalized spacial score (nSPS) is 12.8. The molecule has 2 amide bonds. The van der Waals surface area contributed by atoms with Crippen LogP contribution in [0.3, 0.4) is 0 Å². The lowest BCUT2D eigenvalue weighted by molar-refractivity contribution is -0.121. The molecule has 0 fully saturated rings. The van der Waals surface area contributed by atoms with Gasteiger partial charge in [0.15, 0.2) is 0 Å². The molecule has 0 saturated carbocycles. The van der Waals surface area contributed by atoms with E-state index in [1.54, 1.807) is 7.05 Å². The van der Waals surface area contributed by atoms with E-state index >= 15 is 0 Å². The molecule has 0 radical (unpaired) electrons. The summed E-state index contributed by atoms with van der Waals surface area (Å²) in [4.78, 5) is 23.1. The second kappa shape index (κ2) is 11.9. The number of rotatable bonds is 12. The zero-order valence-electron chi connectivity index (χ0n) is 15.9. The standard InChI is InChI=1S/C22H29N3O2/c1-23-16-22(27)25-21(15-19-10-6-3-7-11-19)13-12-20(24-17-26)14-18-8-4-2-5-9-18/h2-11,17,20-21,23H,12-16H2,1H3,(H,24,26)(H,25,27)/t20-,21-/m1/s1. The first kappa shape index (κ1) is 20.6. The molecule has 27 heavy (non-hydrogen) atoms. The molecule has 0 aliphatic carbocycles. The lowest BCUT2D eigenvalue weighted by atomic mass is 9.96. The van der Waals surface area contributed by atoms with E-state index in [1.165, 1.54) is 11.1 Å². The summed E-state index contributed by atoms with van der Waals surface area (Å²) in [6.45, 7) is 0.297. The molecule has 0 aromatic heterocycles. The van der Waals surface area contributed by atoms with Gasteiger partial charge in [-0.1, -0.05) is 60.7 Å². The highest BCUT2D eigenvalue weighted by molar-refractivity contribution is 5.78. The molecule has 144 valence electrons. The maximum Gasteiger partial charge on any atom is 0.234 e. The third kappa shape index (κ3) is 8.05. The summed E-state index contributed by atoms with van der Waals surface area (Å²) in [5, 5.41) is 8.92. The van der Waals surface area contributed by atoms with E-state index in [0.29, 0.717) is 6.54 Å². The predicted octanol–water partition coefficient (Wildman–Crippen LogP) is 2.07. The quantitative estimate of drug-likeness (QED) is 0.503. The van der Waals surface area contributed by atoms with E-state index < -0.39 is 0 Å². The largest absolute Gasteiger partial charge is 0.356 e. The van der Waals surface area contributed by atoms with Gasteiger partial charge in [0.1, 0.15) is 0 Å². The maximum atomic E-state index is 12.1. The zero-order valence-corrected chi connectivity index (χ0v) is 15.9. The summed E-state index contributed by atoms with van der Waals surface area (Å²) in [5.41, 5.74) is 2.38. The minimum absolute atomic E-state index is 0.0126. The number of carbonyl (C=O) groups is 2. The number of hydrogen-bond donors (Lipinski definition) is 3. The highest BCUT2D eigenvalue weighted by Crippen LogP contribution is 2.12. The van der Waals surface area contributed by atoms with Gasteiger partial charge in [-0.15, -0.1) is 0 Å². The Morgan fingerprint density at radius 2 is 1.41 bits per heavy atom. The van der Waals surface area contributed by atoms with Gasteiger partial charge in [0.25, 0.3) is 0 Å². The Labute approximate surface area is 161 Å². The van der Waals surface area contributed by atoms with Crippen molar-refractivity contribution in [2.24, 2.45) is 0 Å². The number of likely N-dealkylation sites (N-methyl/N-ethyl adjacent to an activating group) is 1. The Kier molecular flexibility index (Phi) is 9.07. The first-order valence-corrected chi connectivity index (χ1v) is 9.42. The van der Waals surface area contributed by atoms with E-state index in [9.17, 15) is 9.59 Å². The summed E-state index contributed by atoms with van der Waals surface area (Å²) in [5.74, 6) is -0.0126. The smallest absolute Gasteiger partial charge is 0.234 e. The van der Waals surface area contributed by atoms with Crippen LogP contribution in [0.5, 0.6) is 0 Å². The maximum absolute atomic E-state index is 12.1. The molecule has 0 unspecified atom stereocenters. The van der Waals surface area contributed by atoms with Gasteiger partial charge in [-0.3, -0.25) is 9.59 Å². The van der Waals surface area contributed by atoms with Crippen LogP contribution >= 0.6 is 0 Å². The molecule has 5 nitrogen and oxygen atoms in total. The predicted molar refractivity (Wildman–Crippen MR) is 108 cm³/mol. The van der Waals surface area contributed by atoms with Crippen molar-refractivity contribution in [2.75, 3.05) is 13.6 Å². The van der Waals surface area contributed by atoms with E-state index in [0.717, 1.165) is 32.1 Å². The van der Waals surface area contributed by atoms with Crippen LogP contribution < -0.4 is 16.0 Å². The third-order valence-corrected chi connectivity index (χ3v) is 4.52. The number of amides is 2. The van der Waals surface area contributed by atoms with Crippen LogP contribution in [-0.2, 0) is 22.4 Å². The number of hydrogen-bond acceptors (Lipinski definition) is 3. The number of benzene rings is 2. The number of nitrogens with one attached hydrogen (secondary N) is 3. The summed E-state index contributed by atoms with van der Waals surface area (Å²) in [7, 11) is 1.76. The Bertz CT molecular complexity index is 676. The van der Waals surface area contributed by atoms with Gasteiger partial charge in [-0.05, 0) is 43.9 Å². The van der Waals surface area contributed by atoms with Crippen molar-refractivity contribution in [1.29, 1.82) is 0 Å². The third-order valence-electron chi connectivity index (χ3n) is 4.52. The molecule has 0 saturated heterocycles. The van der Waals surface area contributed by atoms with Gasteiger partial charge in [-0.2, -0.15) is 0 Å². The van der Waals surface area contributed by atoms with E-state index in [-0.39, 0.29) is 18.0 Å². The Morgan fingerprint density at radius 1 is 0.889 bits per heavy atom. The van der Waals surface area contributed by atoms with Crippen molar-refractivity contribution < 1.29 is 9.59 Å². The fourth-order valence-electron chi connectivity index (χ4n) is 3.20. The highest BCUT2D eigenvalue weighted by Gasteiger charge is 2.16. The second-order valence-corrected chi connectivity index (χ2v) is 6.73. The van der Waals surface area contributed by atoms with Gasteiger partial charge < -0.3 is 16.0 Å². The van der Waals surface area contributed by atoms with Crippen LogP contribution in [0, 0.1) is 0 Å². The molecule has 0 bridgehead atoms. The van der Waals surface area contributed by atoms with Crippen molar-refractivity contribution in [2.45, 2.75) is 37.8 Å². The fraction of sp³-hybridized carbons (Fsp3) is 0.364. The average Bonchev–Trinajstić information content (AvgIpc) is 2.68. The SMILES string of the molecule is CNCC(=O)N[C@H](CC[C@H](Cc1ccccc1)NC=O)Cc1ccccc1. The Hall–Kier alpha value is -2.66. The van der Waals surface area contributed by atoms with Crippen molar-refractivity contribution in [3.8, 4) is 0 Å². The van der Waals surface area contributed by atoms with Gasteiger partial charge in [0.05, 0.1) is 6.54 Å². The van der Waals surface area contributed by atoms with Crippen molar-refractivity contribution in [1.82, 2.24) is 16.0 Å². The molecule has 2 aromatic rings. The van der Waals surface area contributed by atoms with Crippen LogP contribution in [-0.4, -0.2) is 38.0 Å². The van der Waals surface area contributed by atoms with Crippen LogP contribution in [0.15, 0.2) is 60.7 Å². The highest BCUT2D eigenvalue weighted by atomic mass is 16.2. The van der Waals surface area contributed by atoms with E-state index in [1.807, 2.05) is 36.4 Å². The molecule has 0 spiro atoms. The molecular formula is C22H29N3O2. The van der Waals surface area contributed by atoms with Crippen molar-refractivity contribution in [3.63, 3.8) is 0 Å². The average molecular weight is 367 g/mol. The molecule has 5 heteroatoms. The summed E-state index contributed by atoms with van der Waals surface area (Å²) >= 11 is 0. The van der Waals surface area contributed by atoms with Crippen LogP contribution in [0.4, 0.5) is 0 Å². The Morgan fingerprint density at radius 3 is 1.93 bits per heavy atom. The van der Waals surface area contributed by atoms with Crippen molar-refractivity contribution in [3.05, 3.63) is 71.8 Å². The summed E-state index contributed by atoms with van der Waals surface area (Å²) < 4.78 is 0. The van der Waals surface area contributed by atoms with Gasteiger partial charge in [0, 0.05) is 12.1 Å². The lowest BCUT2D eigenvalue weighted by Gasteiger charge is -2.22. The molecule has 2 rings (SSSR count). The zero-order chi connectivity index (χ0) is 19.3. The van der Waals surface area contributed by atoms with Gasteiger partial charge in [-0.25, -0.2) is 0 Å². The molecular weight excluding hydrogens is 338 g/mol. The monoisotopic (exact) mass is 367 g/mol. The molecule has 0 aliphatic rings. The fourth-order valence-corrected chi connectivity index (χ4v) is 3.20. The molecule has 2 aromatic carbocycles. The van der Waals surface area contributed by atoms with Crippen LogP contribution in [0.1, 0.15) is 24.0 Å². The molecule has 0 heterocycles. The molecule has 0 aliphatic heterocycles. The minimum atomic E-state index is -0.0126. The number of carbonyl (C=O) groups excluding carboxylic acids is 2. The topological polar surface area (TPSA) is 70.2 Å². The second-order valence-electron chi connectivity index (χ2n) is 6.73. The van der Waals surface area contributed by atoms with Gasteiger partial charge in [0.2, 0.25) is 12.3 Å². The minimum Gasteiger partial charge on any atom is -0.356 e. The Balaban J connectivity index is 1.98. The molecule has 2 atom stereocenters. The van der Waals surface area contributed by atoms with E-state index in [2.05, 4.69) is 40.2 Å². The van der Waals surface area contributed by atoms with Crippen LogP contribution in [0.2, 0.25) is 0 Å². The first-order valence-electron chi connectivity index (χ1n) is 9.42. The molecule has 3 N–H and O–H groups in total. The van der Waals surface area contributed by atoms with Gasteiger partial charge >= 0.3 is 0 Å².